The molecule has 4 heteroatoms. The number of hydrogen-bond donors (Lipinski definition) is 2. The molecule has 0 aromatic carbocycles. The van der Waals surface area contributed by atoms with Crippen LogP contribution in [0.1, 0.15) is 23.9 Å². The zero-order valence-corrected chi connectivity index (χ0v) is 7.63. The van der Waals surface area contributed by atoms with Gasteiger partial charge in [-0.15, -0.1) is 0 Å². The Morgan fingerprint density at radius 1 is 1.62 bits per heavy atom. The van der Waals surface area contributed by atoms with Crippen molar-refractivity contribution in [2.45, 2.75) is 19.3 Å². The Balaban J connectivity index is 2.33. The average molecular weight is 179 g/mol. The number of aryl methyl sites for hydroxylation is 1. The molecule has 1 saturated heterocycles. The van der Waals surface area contributed by atoms with Gasteiger partial charge in [0.1, 0.15) is 5.82 Å². The molecule has 2 N–H and O–H groups in total. The van der Waals surface area contributed by atoms with Gasteiger partial charge < -0.3 is 10.3 Å². The van der Waals surface area contributed by atoms with Gasteiger partial charge in [0.2, 0.25) is 0 Å². The summed E-state index contributed by atoms with van der Waals surface area (Å²) in [4.78, 5) is 18.1. The summed E-state index contributed by atoms with van der Waals surface area (Å²) in [6, 6.07) is 1.60. The normalized spacial score (nSPS) is 22.1. The van der Waals surface area contributed by atoms with Crippen LogP contribution in [0.3, 0.4) is 0 Å². The van der Waals surface area contributed by atoms with Crippen LogP contribution in [0.4, 0.5) is 0 Å². The van der Waals surface area contributed by atoms with Crippen molar-refractivity contribution >= 4 is 0 Å². The van der Waals surface area contributed by atoms with Crippen molar-refractivity contribution in [2.75, 3.05) is 13.1 Å². The molecule has 0 bridgehead atoms. The van der Waals surface area contributed by atoms with Crippen LogP contribution in [-0.2, 0) is 0 Å². The molecular formula is C9H13N3O. The Kier molecular flexibility index (Phi) is 2.14. The van der Waals surface area contributed by atoms with E-state index in [-0.39, 0.29) is 5.56 Å². The molecule has 0 saturated carbocycles. The molecule has 70 valence electrons. The lowest BCUT2D eigenvalue weighted by Gasteiger charge is -2.06. The molecule has 1 aliphatic rings. The first kappa shape index (κ1) is 8.44. The van der Waals surface area contributed by atoms with Gasteiger partial charge in [0, 0.05) is 18.5 Å². The third-order valence-electron chi connectivity index (χ3n) is 2.36. The van der Waals surface area contributed by atoms with Gasteiger partial charge in [0.05, 0.1) is 5.69 Å². The largest absolute Gasteiger partial charge is 0.316 e. The molecule has 1 aromatic rings. The first-order valence-corrected chi connectivity index (χ1v) is 4.54. The topological polar surface area (TPSA) is 57.8 Å². The van der Waals surface area contributed by atoms with Gasteiger partial charge in [-0.05, 0) is 19.9 Å². The van der Waals surface area contributed by atoms with Crippen LogP contribution in [0.2, 0.25) is 0 Å². The monoisotopic (exact) mass is 179 g/mol. The zero-order valence-electron chi connectivity index (χ0n) is 7.63. The Bertz CT molecular complexity index is 352. The van der Waals surface area contributed by atoms with Crippen molar-refractivity contribution in [2.24, 2.45) is 0 Å². The van der Waals surface area contributed by atoms with Crippen LogP contribution >= 0.6 is 0 Å². The number of aromatic amines is 1. The van der Waals surface area contributed by atoms with Crippen molar-refractivity contribution in [3.63, 3.8) is 0 Å². The highest BCUT2D eigenvalue weighted by Gasteiger charge is 2.18. The van der Waals surface area contributed by atoms with Gasteiger partial charge in [-0.25, -0.2) is 4.98 Å². The first-order valence-electron chi connectivity index (χ1n) is 4.54. The number of hydrogen-bond acceptors (Lipinski definition) is 3. The minimum absolute atomic E-state index is 0.0469. The third-order valence-corrected chi connectivity index (χ3v) is 2.36. The second-order valence-electron chi connectivity index (χ2n) is 3.45. The minimum Gasteiger partial charge on any atom is -0.316 e. The lowest BCUT2D eigenvalue weighted by Crippen LogP contribution is -2.15. The third kappa shape index (κ3) is 1.78. The van der Waals surface area contributed by atoms with Crippen molar-refractivity contribution in [1.29, 1.82) is 0 Å². The molecule has 1 aliphatic heterocycles. The summed E-state index contributed by atoms with van der Waals surface area (Å²) in [7, 11) is 0. The minimum atomic E-state index is -0.0469. The van der Waals surface area contributed by atoms with E-state index in [1.54, 1.807) is 6.07 Å². The van der Waals surface area contributed by atoms with Crippen molar-refractivity contribution < 1.29 is 0 Å². The highest BCUT2D eigenvalue weighted by atomic mass is 16.1. The highest BCUT2D eigenvalue weighted by molar-refractivity contribution is 5.10. The Morgan fingerprint density at radius 2 is 2.46 bits per heavy atom. The molecule has 1 aromatic heterocycles. The van der Waals surface area contributed by atoms with Crippen molar-refractivity contribution in [1.82, 2.24) is 15.3 Å². The molecule has 13 heavy (non-hydrogen) atoms. The zero-order chi connectivity index (χ0) is 9.26. The smallest absolute Gasteiger partial charge is 0.251 e. The number of rotatable bonds is 1. The van der Waals surface area contributed by atoms with Crippen LogP contribution < -0.4 is 10.9 Å². The molecule has 2 heterocycles. The van der Waals surface area contributed by atoms with Crippen molar-refractivity contribution in [3.05, 3.63) is 27.9 Å². The Hall–Kier alpha value is -1.16. The molecule has 4 nitrogen and oxygen atoms in total. The molecule has 0 unspecified atom stereocenters. The van der Waals surface area contributed by atoms with E-state index in [9.17, 15) is 4.79 Å². The van der Waals surface area contributed by atoms with E-state index < -0.39 is 0 Å². The first-order chi connectivity index (χ1) is 6.25. The highest BCUT2D eigenvalue weighted by Crippen LogP contribution is 2.18. The maximum atomic E-state index is 11.2. The molecule has 2 rings (SSSR count). The van der Waals surface area contributed by atoms with Gasteiger partial charge in [-0.2, -0.15) is 0 Å². The summed E-state index contributed by atoms with van der Waals surface area (Å²) in [5.74, 6) is 1.12. The lowest BCUT2D eigenvalue weighted by atomic mass is 10.1. The number of nitrogens with zero attached hydrogens (tertiary/aromatic N) is 1. The van der Waals surface area contributed by atoms with E-state index in [0.29, 0.717) is 11.7 Å². The number of H-pyrrole nitrogens is 1. The second kappa shape index (κ2) is 3.30. The predicted molar refractivity (Wildman–Crippen MR) is 49.8 cm³/mol. The second-order valence-corrected chi connectivity index (χ2v) is 3.45. The maximum Gasteiger partial charge on any atom is 0.251 e. The van der Waals surface area contributed by atoms with Crippen LogP contribution in [0.5, 0.6) is 0 Å². The van der Waals surface area contributed by atoms with E-state index in [0.717, 1.165) is 25.2 Å². The summed E-state index contributed by atoms with van der Waals surface area (Å²) in [6.45, 7) is 3.78. The SMILES string of the molecule is Cc1nc([C@@H]2CCNC2)cc(=O)[nH]1. The van der Waals surface area contributed by atoms with E-state index >= 15 is 0 Å². The fourth-order valence-electron chi connectivity index (χ4n) is 1.72. The van der Waals surface area contributed by atoms with Gasteiger partial charge in [-0.3, -0.25) is 4.79 Å². The number of aromatic nitrogens is 2. The molecule has 1 fully saturated rings. The fourth-order valence-corrected chi connectivity index (χ4v) is 1.72. The van der Waals surface area contributed by atoms with E-state index in [4.69, 9.17) is 0 Å². The van der Waals surface area contributed by atoms with E-state index in [1.165, 1.54) is 0 Å². The Morgan fingerprint density at radius 3 is 3.08 bits per heavy atom. The molecule has 1 atom stereocenters. The van der Waals surface area contributed by atoms with Crippen LogP contribution in [0.15, 0.2) is 10.9 Å². The summed E-state index contributed by atoms with van der Waals surface area (Å²) >= 11 is 0. The average Bonchev–Trinajstić information content (AvgIpc) is 2.53. The fraction of sp³-hybridized carbons (Fsp3) is 0.556. The quantitative estimate of drug-likeness (QED) is 0.645. The molecule has 0 amide bonds. The molecule has 0 spiro atoms. The van der Waals surface area contributed by atoms with Crippen LogP contribution in [0, 0.1) is 6.92 Å². The van der Waals surface area contributed by atoms with Gasteiger partial charge in [-0.1, -0.05) is 0 Å². The van der Waals surface area contributed by atoms with Crippen LogP contribution in [0.25, 0.3) is 0 Å². The van der Waals surface area contributed by atoms with Gasteiger partial charge in [0.25, 0.3) is 5.56 Å². The number of nitrogens with one attached hydrogen (secondary N) is 2. The van der Waals surface area contributed by atoms with Gasteiger partial charge >= 0.3 is 0 Å². The maximum absolute atomic E-state index is 11.2. The molecule has 0 aliphatic carbocycles. The summed E-state index contributed by atoms with van der Waals surface area (Å²) in [5, 5.41) is 3.26. The Labute approximate surface area is 76.4 Å². The summed E-state index contributed by atoms with van der Waals surface area (Å²) in [5.41, 5.74) is 0.876. The van der Waals surface area contributed by atoms with E-state index in [1.807, 2.05) is 6.92 Å². The lowest BCUT2D eigenvalue weighted by molar-refractivity contribution is 0.721. The van der Waals surface area contributed by atoms with Crippen molar-refractivity contribution in [3.8, 4) is 0 Å². The molecule has 0 radical (unpaired) electrons. The predicted octanol–water partition coefficient (Wildman–Crippen LogP) is 0.155. The van der Waals surface area contributed by atoms with E-state index in [2.05, 4.69) is 15.3 Å². The van der Waals surface area contributed by atoms with Crippen LogP contribution in [-0.4, -0.2) is 23.1 Å². The van der Waals surface area contributed by atoms with Gasteiger partial charge in [0.15, 0.2) is 0 Å². The summed E-state index contributed by atoms with van der Waals surface area (Å²) in [6.07, 6.45) is 1.08. The molecular weight excluding hydrogens is 166 g/mol. The standard InChI is InChI=1S/C9H13N3O/c1-6-11-8(4-9(13)12-6)7-2-3-10-5-7/h4,7,10H,2-3,5H2,1H3,(H,11,12,13)/t7-/m1/s1. The summed E-state index contributed by atoms with van der Waals surface area (Å²) < 4.78 is 0.